The highest BCUT2D eigenvalue weighted by Gasteiger charge is 2.34. The van der Waals surface area contributed by atoms with Gasteiger partial charge in [0.1, 0.15) is 0 Å². The molecule has 5 nitrogen and oxygen atoms in total. The predicted octanol–water partition coefficient (Wildman–Crippen LogP) is 6.14. The Morgan fingerprint density at radius 2 is 1.65 bits per heavy atom. The summed E-state index contributed by atoms with van der Waals surface area (Å²) in [6, 6.07) is 10.8. The first-order valence-electron chi connectivity index (χ1n) is 12.5. The summed E-state index contributed by atoms with van der Waals surface area (Å²) < 4.78 is 27.5. The zero-order chi connectivity index (χ0) is 23.5. The third-order valence-electron chi connectivity index (χ3n) is 7.73. The minimum absolute atomic E-state index is 0.132. The molecule has 0 atom stereocenters. The van der Waals surface area contributed by atoms with Crippen LogP contribution < -0.4 is 5.32 Å². The number of fused-ring (bicyclic) bond motifs is 1. The van der Waals surface area contributed by atoms with Crippen molar-refractivity contribution in [3.8, 4) is 0 Å². The number of pyridine rings is 1. The predicted molar refractivity (Wildman–Crippen MR) is 137 cm³/mol. The van der Waals surface area contributed by atoms with E-state index >= 15 is 0 Å². The first kappa shape index (κ1) is 23.5. The van der Waals surface area contributed by atoms with Crippen molar-refractivity contribution in [3.05, 3.63) is 59.2 Å². The van der Waals surface area contributed by atoms with Gasteiger partial charge in [-0.15, -0.1) is 11.3 Å². The molecule has 0 unspecified atom stereocenters. The van der Waals surface area contributed by atoms with Gasteiger partial charge in [-0.2, -0.15) is 0 Å². The van der Waals surface area contributed by atoms with E-state index < -0.39 is 9.84 Å². The van der Waals surface area contributed by atoms with Gasteiger partial charge in [0, 0.05) is 18.9 Å². The van der Waals surface area contributed by atoms with Gasteiger partial charge < -0.3 is 5.32 Å². The molecule has 0 bridgehead atoms. The number of amides is 1. The number of rotatable bonds is 6. The molecule has 34 heavy (non-hydrogen) atoms. The van der Waals surface area contributed by atoms with Crippen molar-refractivity contribution >= 4 is 37.2 Å². The van der Waals surface area contributed by atoms with Crippen LogP contribution in [0.2, 0.25) is 0 Å². The molecular formula is C27H32N2O3S2. The molecule has 0 aliphatic heterocycles. The summed E-state index contributed by atoms with van der Waals surface area (Å²) in [6.45, 7) is 0.359. The molecule has 2 fully saturated rings. The maximum atomic E-state index is 13.2. The number of nitrogens with zero attached hydrogens (tertiary/aromatic N) is 1. The fourth-order valence-corrected chi connectivity index (χ4v) is 8.47. The second-order valence-corrected chi connectivity index (χ2v) is 13.1. The number of hydrogen-bond acceptors (Lipinski definition) is 5. The topological polar surface area (TPSA) is 76.1 Å². The SMILES string of the molecule is O=C(NCc1ccc(S(=O)(=O)C2CCC(C3CCCCC3)CC2)cc1)c1cc2ccncc2s1. The van der Waals surface area contributed by atoms with Crippen molar-refractivity contribution in [2.24, 2.45) is 11.8 Å². The lowest BCUT2D eigenvalue weighted by molar-refractivity contribution is 0.0955. The molecule has 5 rings (SSSR count). The van der Waals surface area contributed by atoms with Crippen LogP contribution in [0, 0.1) is 11.8 Å². The highest BCUT2D eigenvalue weighted by Crippen LogP contribution is 2.40. The number of carbonyl (C=O) groups is 1. The molecule has 1 aromatic carbocycles. The van der Waals surface area contributed by atoms with Gasteiger partial charge in [0.05, 0.1) is 19.7 Å². The number of benzene rings is 1. The van der Waals surface area contributed by atoms with Crippen LogP contribution in [0.4, 0.5) is 0 Å². The minimum atomic E-state index is -3.31. The van der Waals surface area contributed by atoms with Crippen molar-refractivity contribution in [1.29, 1.82) is 0 Å². The van der Waals surface area contributed by atoms with Gasteiger partial charge in [0.2, 0.25) is 0 Å². The first-order chi connectivity index (χ1) is 16.5. The van der Waals surface area contributed by atoms with Gasteiger partial charge in [-0.25, -0.2) is 8.42 Å². The minimum Gasteiger partial charge on any atom is -0.347 e. The average Bonchev–Trinajstić information content (AvgIpc) is 3.33. The van der Waals surface area contributed by atoms with Crippen molar-refractivity contribution in [3.63, 3.8) is 0 Å². The van der Waals surface area contributed by atoms with E-state index in [1.807, 2.05) is 24.3 Å². The van der Waals surface area contributed by atoms with Crippen LogP contribution in [0.5, 0.6) is 0 Å². The zero-order valence-corrected chi connectivity index (χ0v) is 21.0. The lowest BCUT2D eigenvalue weighted by Crippen LogP contribution is -2.30. The van der Waals surface area contributed by atoms with Crippen molar-refractivity contribution in [2.45, 2.75) is 74.5 Å². The average molecular weight is 497 g/mol. The van der Waals surface area contributed by atoms with E-state index in [0.29, 0.717) is 16.3 Å². The van der Waals surface area contributed by atoms with Crippen LogP contribution in [0.1, 0.15) is 73.0 Å². The summed E-state index contributed by atoms with van der Waals surface area (Å²) >= 11 is 1.42. The molecule has 1 amide bonds. The molecule has 180 valence electrons. The van der Waals surface area contributed by atoms with E-state index in [2.05, 4.69) is 10.3 Å². The molecular weight excluding hydrogens is 464 g/mol. The second-order valence-electron chi connectivity index (χ2n) is 9.83. The number of carbonyl (C=O) groups excluding carboxylic acids is 1. The van der Waals surface area contributed by atoms with Crippen LogP contribution in [-0.4, -0.2) is 24.6 Å². The van der Waals surface area contributed by atoms with Crippen LogP contribution in [0.3, 0.4) is 0 Å². The van der Waals surface area contributed by atoms with Crippen molar-refractivity contribution in [1.82, 2.24) is 10.3 Å². The molecule has 2 aliphatic carbocycles. The molecule has 3 aromatic rings. The monoisotopic (exact) mass is 496 g/mol. The van der Waals surface area contributed by atoms with Crippen LogP contribution in [-0.2, 0) is 16.4 Å². The fraction of sp³-hybridized carbons (Fsp3) is 0.481. The largest absolute Gasteiger partial charge is 0.347 e. The lowest BCUT2D eigenvalue weighted by atomic mass is 9.73. The van der Waals surface area contributed by atoms with Crippen molar-refractivity contribution in [2.75, 3.05) is 0 Å². The summed E-state index contributed by atoms with van der Waals surface area (Å²) in [5, 5.41) is 3.68. The molecule has 0 radical (unpaired) electrons. The molecule has 1 N–H and O–H groups in total. The maximum Gasteiger partial charge on any atom is 0.261 e. The molecule has 2 heterocycles. The normalized spacial score (nSPS) is 22.0. The smallest absolute Gasteiger partial charge is 0.261 e. The van der Waals surface area contributed by atoms with E-state index in [4.69, 9.17) is 0 Å². The Labute approximate surface area is 205 Å². The highest BCUT2D eigenvalue weighted by molar-refractivity contribution is 7.92. The summed E-state index contributed by atoms with van der Waals surface area (Å²) in [4.78, 5) is 17.7. The third kappa shape index (κ3) is 5.05. The van der Waals surface area contributed by atoms with Gasteiger partial charge in [-0.3, -0.25) is 9.78 Å². The molecule has 0 saturated heterocycles. The first-order valence-corrected chi connectivity index (χ1v) is 14.8. The number of nitrogens with one attached hydrogen (secondary N) is 1. The van der Waals surface area contributed by atoms with Gasteiger partial charge in [-0.05, 0) is 72.7 Å². The summed E-state index contributed by atoms with van der Waals surface area (Å²) in [7, 11) is -3.31. The van der Waals surface area contributed by atoms with E-state index in [1.54, 1.807) is 24.5 Å². The Hall–Kier alpha value is -2.25. The second kappa shape index (κ2) is 10.2. The Balaban J connectivity index is 1.16. The van der Waals surface area contributed by atoms with E-state index in [1.165, 1.54) is 43.4 Å². The maximum absolute atomic E-state index is 13.2. The van der Waals surface area contributed by atoms with Crippen LogP contribution in [0.25, 0.3) is 10.1 Å². The lowest BCUT2D eigenvalue weighted by Gasteiger charge is -2.35. The Bertz CT molecular complexity index is 1200. The number of aromatic nitrogens is 1. The molecule has 2 saturated carbocycles. The zero-order valence-electron chi connectivity index (χ0n) is 19.4. The quantitative estimate of drug-likeness (QED) is 0.445. The molecule has 0 spiro atoms. The number of hydrogen-bond donors (Lipinski definition) is 1. The van der Waals surface area contributed by atoms with Gasteiger partial charge in [0.25, 0.3) is 5.91 Å². The van der Waals surface area contributed by atoms with Gasteiger partial charge in [0.15, 0.2) is 9.84 Å². The summed E-state index contributed by atoms with van der Waals surface area (Å²) in [5.41, 5.74) is 0.885. The Morgan fingerprint density at radius 1 is 0.941 bits per heavy atom. The Morgan fingerprint density at radius 3 is 2.35 bits per heavy atom. The van der Waals surface area contributed by atoms with Crippen LogP contribution >= 0.6 is 11.3 Å². The van der Waals surface area contributed by atoms with E-state index in [-0.39, 0.29) is 11.2 Å². The van der Waals surface area contributed by atoms with Gasteiger partial charge in [-0.1, -0.05) is 44.2 Å². The summed E-state index contributed by atoms with van der Waals surface area (Å²) in [5.74, 6) is 1.40. The molecule has 2 aromatic heterocycles. The summed E-state index contributed by atoms with van der Waals surface area (Å²) in [6.07, 6.45) is 13.9. The highest BCUT2D eigenvalue weighted by atomic mass is 32.2. The Kier molecular flexibility index (Phi) is 7.02. The molecule has 7 heteroatoms. The number of sulfone groups is 1. The standard InChI is InChI=1S/C27H32N2O3S2/c30-27(25-16-22-14-15-28-18-26(22)33-25)29-17-19-6-10-23(11-7-19)34(31,32)24-12-8-21(9-13-24)20-4-2-1-3-5-20/h6-7,10-11,14-16,18,20-21,24H,1-5,8-9,12-13,17H2,(H,29,30). The number of thiophene rings is 1. The molecule has 2 aliphatic rings. The van der Waals surface area contributed by atoms with E-state index in [0.717, 1.165) is 53.2 Å². The van der Waals surface area contributed by atoms with Crippen molar-refractivity contribution < 1.29 is 13.2 Å². The van der Waals surface area contributed by atoms with E-state index in [9.17, 15) is 13.2 Å². The van der Waals surface area contributed by atoms with Crippen LogP contribution in [0.15, 0.2) is 53.7 Å². The van der Waals surface area contributed by atoms with Gasteiger partial charge >= 0.3 is 0 Å². The fourth-order valence-electron chi connectivity index (χ4n) is 5.73. The third-order valence-corrected chi connectivity index (χ3v) is 11.1.